The van der Waals surface area contributed by atoms with Gasteiger partial charge in [-0.1, -0.05) is 26.8 Å². The van der Waals surface area contributed by atoms with Gasteiger partial charge >= 0.3 is 5.97 Å². The molecule has 0 saturated carbocycles. The number of rotatable bonds is 8. The number of carbonyl (C=O) groups is 3. The highest BCUT2D eigenvalue weighted by Gasteiger charge is 2.77. The fourth-order valence-corrected chi connectivity index (χ4v) is 9.08. The molecule has 180 valence electrons. The molecule has 0 aromatic heterocycles. The average molecular weight is 467 g/mol. The Balaban J connectivity index is 2.09. The van der Waals surface area contributed by atoms with E-state index < -0.39 is 38.9 Å². The zero-order chi connectivity index (χ0) is 24.3. The molecule has 2 bridgehead atoms. The summed E-state index contributed by atoms with van der Waals surface area (Å²) in [6.45, 7) is 16.3. The van der Waals surface area contributed by atoms with E-state index in [-0.39, 0.29) is 30.4 Å². The predicted octanol–water partition coefficient (Wildman–Crippen LogP) is 2.77. The lowest BCUT2D eigenvalue weighted by Gasteiger charge is -2.45. The van der Waals surface area contributed by atoms with Crippen LogP contribution in [0.3, 0.4) is 0 Å². The number of amides is 2. The summed E-state index contributed by atoms with van der Waals surface area (Å²) in [5.41, 5.74) is -0.522. The SMILES string of the molecule is C=CCN(C(=O)C1N(CCO)C(=O)[C@@H]2[C@H](C(=O)O)[C@]3(C)CCC12S3)C(C)(C)CC(C)(C)C. The Bertz CT molecular complexity index is 822. The number of hydrogen-bond acceptors (Lipinski definition) is 5. The van der Waals surface area contributed by atoms with Crippen LogP contribution in [0.4, 0.5) is 0 Å². The van der Waals surface area contributed by atoms with Crippen LogP contribution in [0, 0.1) is 17.3 Å². The number of carboxylic acid groups (broad SMARTS) is 1. The normalized spacial score (nSPS) is 34.0. The Kier molecular flexibility index (Phi) is 6.31. The number of hydrogen-bond donors (Lipinski definition) is 2. The monoisotopic (exact) mass is 466 g/mol. The summed E-state index contributed by atoms with van der Waals surface area (Å²) in [4.78, 5) is 43.3. The highest BCUT2D eigenvalue weighted by molar-refractivity contribution is 8.02. The van der Waals surface area contributed by atoms with Crippen LogP contribution in [0.2, 0.25) is 0 Å². The Labute approximate surface area is 195 Å². The first-order valence-electron chi connectivity index (χ1n) is 11.4. The molecule has 3 aliphatic heterocycles. The maximum absolute atomic E-state index is 14.2. The van der Waals surface area contributed by atoms with E-state index in [1.807, 2.05) is 20.8 Å². The minimum absolute atomic E-state index is 0.0251. The predicted molar refractivity (Wildman–Crippen MR) is 125 cm³/mol. The summed E-state index contributed by atoms with van der Waals surface area (Å²) >= 11 is 1.52. The summed E-state index contributed by atoms with van der Waals surface area (Å²) in [5.74, 6) is -3.05. The maximum Gasteiger partial charge on any atom is 0.308 e. The largest absolute Gasteiger partial charge is 0.481 e. The fraction of sp³-hybridized carbons (Fsp3) is 0.792. The van der Waals surface area contributed by atoms with Crippen LogP contribution in [0.25, 0.3) is 0 Å². The molecule has 5 atom stereocenters. The number of aliphatic hydroxyl groups excluding tert-OH is 1. The summed E-state index contributed by atoms with van der Waals surface area (Å²) in [7, 11) is 0. The van der Waals surface area contributed by atoms with Gasteiger partial charge in [-0.15, -0.1) is 18.3 Å². The topological polar surface area (TPSA) is 98.2 Å². The van der Waals surface area contributed by atoms with Gasteiger partial charge in [-0.3, -0.25) is 14.4 Å². The molecule has 3 heterocycles. The lowest BCUT2D eigenvalue weighted by Crippen LogP contribution is -2.60. The van der Waals surface area contributed by atoms with E-state index in [9.17, 15) is 24.6 Å². The van der Waals surface area contributed by atoms with Gasteiger partial charge in [0.2, 0.25) is 11.8 Å². The van der Waals surface area contributed by atoms with Crippen molar-refractivity contribution >= 4 is 29.5 Å². The quantitative estimate of drug-likeness (QED) is 0.534. The van der Waals surface area contributed by atoms with Gasteiger partial charge in [-0.2, -0.15) is 0 Å². The molecule has 1 spiro atoms. The van der Waals surface area contributed by atoms with Crippen molar-refractivity contribution in [2.75, 3.05) is 19.7 Å². The number of thioether (sulfide) groups is 1. The van der Waals surface area contributed by atoms with Gasteiger partial charge in [0.05, 0.1) is 23.2 Å². The number of aliphatic carboxylic acids is 1. The van der Waals surface area contributed by atoms with Crippen LogP contribution in [0.5, 0.6) is 0 Å². The third kappa shape index (κ3) is 3.77. The first-order chi connectivity index (χ1) is 14.6. The first-order valence-corrected chi connectivity index (χ1v) is 12.2. The summed E-state index contributed by atoms with van der Waals surface area (Å²) in [6, 6.07) is -0.789. The van der Waals surface area contributed by atoms with Crippen LogP contribution in [-0.4, -0.2) is 78.6 Å². The van der Waals surface area contributed by atoms with Gasteiger partial charge in [0.1, 0.15) is 6.04 Å². The van der Waals surface area contributed by atoms with Crippen molar-refractivity contribution in [2.24, 2.45) is 17.3 Å². The van der Waals surface area contributed by atoms with Crippen molar-refractivity contribution in [1.82, 2.24) is 9.80 Å². The second-order valence-electron chi connectivity index (χ2n) is 11.6. The molecule has 2 N–H and O–H groups in total. The number of nitrogens with zero attached hydrogens (tertiary/aromatic N) is 2. The summed E-state index contributed by atoms with van der Waals surface area (Å²) in [6.07, 6.45) is 3.72. The number of carbonyl (C=O) groups excluding carboxylic acids is 2. The maximum atomic E-state index is 14.2. The third-order valence-corrected chi connectivity index (χ3v) is 9.37. The van der Waals surface area contributed by atoms with Crippen molar-refractivity contribution in [3.05, 3.63) is 12.7 Å². The second kappa shape index (κ2) is 8.05. The lowest BCUT2D eigenvalue weighted by molar-refractivity contribution is -0.150. The van der Waals surface area contributed by atoms with E-state index in [4.69, 9.17) is 0 Å². The molecule has 0 aromatic carbocycles. The Morgan fingerprint density at radius 3 is 2.41 bits per heavy atom. The summed E-state index contributed by atoms with van der Waals surface area (Å²) < 4.78 is -1.35. The number of likely N-dealkylation sites (tertiary alicyclic amines) is 1. The molecule has 3 fully saturated rings. The molecule has 0 radical (unpaired) electrons. The van der Waals surface area contributed by atoms with Gasteiger partial charge in [0, 0.05) is 23.4 Å². The number of β-amino-alcohol motifs (C(OH)–C–C–N with tert-alkyl or cyclic N) is 1. The minimum atomic E-state index is -0.979. The zero-order valence-electron chi connectivity index (χ0n) is 20.2. The molecule has 32 heavy (non-hydrogen) atoms. The molecule has 3 rings (SSSR count). The second-order valence-corrected chi connectivity index (χ2v) is 13.5. The van der Waals surface area contributed by atoms with Crippen LogP contribution < -0.4 is 0 Å². The van der Waals surface area contributed by atoms with Crippen molar-refractivity contribution in [1.29, 1.82) is 0 Å². The molecule has 3 saturated heterocycles. The van der Waals surface area contributed by atoms with Crippen molar-refractivity contribution < 1.29 is 24.6 Å². The van der Waals surface area contributed by atoms with Crippen LogP contribution in [0.1, 0.15) is 60.8 Å². The molecule has 3 aliphatic rings. The third-order valence-electron chi connectivity index (χ3n) is 7.39. The van der Waals surface area contributed by atoms with Crippen molar-refractivity contribution in [3.63, 3.8) is 0 Å². The van der Waals surface area contributed by atoms with Gasteiger partial charge in [0.15, 0.2) is 0 Å². The van der Waals surface area contributed by atoms with E-state index in [1.165, 1.54) is 16.7 Å². The van der Waals surface area contributed by atoms with E-state index in [2.05, 4.69) is 27.4 Å². The summed E-state index contributed by atoms with van der Waals surface area (Å²) in [5, 5.41) is 19.7. The van der Waals surface area contributed by atoms with E-state index >= 15 is 0 Å². The van der Waals surface area contributed by atoms with Gasteiger partial charge < -0.3 is 20.0 Å². The van der Waals surface area contributed by atoms with E-state index in [0.717, 1.165) is 6.42 Å². The minimum Gasteiger partial charge on any atom is -0.481 e. The molecule has 2 amide bonds. The van der Waals surface area contributed by atoms with Crippen molar-refractivity contribution in [3.8, 4) is 0 Å². The lowest BCUT2D eigenvalue weighted by atomic mass is 9.66. The van der Waals surface area contributed by atoms with Gasteiger partial charge in [0.25, 0.3) is 0 Å². The molecule has 0 aromatic rings. The van der Waals surface area contributed by atoms with E-state index in [1.54, 1.807) is 11.0 Å². The van der Waals surface area contributed by atoms with Crippen LogP contribution in [-0.2, 0) is 14.4 Å². The smallest absolute Gasteiger partial charge is 0.308 e. The van der Waals surface area contributed by atoms with Crippen LogP contribution >= 0.6 is 11.8 Å². The average Bonchev–Trinajstić information content (AvgIpc) is 3.19. The first kappa shape index (κ1) is 25.1. The van der Waals surface area contributed by atoms with Crippen LogP contribution in [0.15, 0.2) is 12.7 Å². The Hall–Kier alpha value is -1.54. The highest BCUT2D eigenvalue weighted by Crippen LogP contribution is 2.71. The highest BCUT2D eigenvalue weighted by atomic mass is 32.2. The molecule has 8 heteroatoms. The zero-order valence-corrected chi connectivity index (χ0v) is 21.0. The van der Waals surface area contributed by atoms with E-state index in [0.29, 0.717) is 19.4 Å². The van der Waals surface area contributed by atoms with Crippen molar-refractivity contribution in [2.45, 2.75) is 81.9 Å². The number of fused-ring (bicyclic) bond motifs is 1. The molecule has 2 unspecified atom stereocenters. The molecule has 7 nitrogen and oxygen atoms in total. The molecular formula is C24H38N2O5S. The van der Waals surface area contributed by atoms with Gasteiger partial charge in [-0.25, -0.2) is 0 Å². The fourth-order valence-electron chi connectivity index (χ4n) is 6.73. The number of aliphatic hydroxyl groups is 1. The molecular weight excluding hydrogens is 428 g/mol. The molecule has 0 aliphatic carbocycles. The Morgan fingerprint density at radius 1 is 1.28 bits per heavy atom. The number of carboxylic acids is 1. The Morgan fingerprint density at radius 2 is 1.91 bits per heavy atom. The van der Waals surface area contributed by atoms with Gasteiger partial charge in [-0.05, 0) is 45.4 Å². The standard InChI is InChI=1S/C24H38N2O5S/c1-8-11-26(22(5,6)14-21(2,3)4)19(29)17-24-10-9-23(7,32-24)16(20(30)31)15(24)18(28)25(17)12-13-27/h8,15-17,27H,1,9-14H2,2-7H3,(H,30,31)/t15-,16+,17?,23-,24?/m0/s1.